The first-order chi connectivity index (χ1) is 13.7. The van der Waals surface area contributed by atoms with Gasteiger partial charge in [-0.1, -0.05) is 17.4 Å². The summed E-state index contributed by atoms with van der Waals surface area (Å²) in [6.45, 7) is 6.97. The van der Waals surface area contributed by atoms with Crippen molar-refractivity contribution in [2.75, 3.05) is 29.9 Å². The highest BCUT2D eigenvalue weighted by Gasteiger charge is 2.29. The lowest BCUT2D eigenvalue weighted by Gasteiger charge is -2.37. The molecular formula is C21H24N4O3S. The number of aromatic nitrogens is 2. The van der Waals surface area contributed by atoms with E-state index in [4.69, 9.17) is 4.98 Å². The molecule has 3 heterocycles. The van der Waals surface area contributed by atoms with Crippen LogP contribution < -0.4 is 10.2 Å². The number of aryl methyl sites for hydroxylation is 1. The summed E-state index contributed by atoms with van der Waals surface area (Å²) in [5.41, 5.74) is 1.86. The predicted octanol–water partition coefficient (Wildman–Crippen LogP) is 2.91. The van der Waals surface area contributed by atoms with Gasteiger partial charge in [0.25, 0.3) is 5.91 Å². The summed E-state index contributed by atoms with van der Waals surface area (Å²) in [5, 5.41) is 23.7. The zero-order valence-corrected chi connectivity index (χ0v) is 17.5. The molecule has 0 radical (unpaired) electrons. The molecule has 0 aliphatic carbocycles. The van der Waals surface area contributed by atoms with Crippen LogP contribution in [0.2, 0.25) is 0 Å². The number of carbonyl (C=O) groups is 1. The molecule has 0 unspecified atom stereocenters. The Bertz CT molecular complexity index is 1070. The maximum atomic E-state index is 12.7. The standard InChI is InChI=1S/C21H24N4O3S/c1-12-5-4-6-15(22-12)19(27)23-16-8-18-17(7-14(16)21(2,3)28)24-20(29-18)25-9-13(10-25)11-26/h4-8,13,26,28H,9-11H2,1-3H3,(H,23,27). The number of hydrogen-bond acceptors (Lipinski definition) is 7. The minimum atomic E-state index is -1.15. The van der Waals surface area contributed by atoms with Crippen LogP contribution >= 0.6 is 11.3 Å². The fourth-order valence-electron chi connectivity index (χ4n) is 3.40. The Labute approximate surface area is 173 Å². The molecular weight excluding hydrogens is 388 g/mol. The quantitative estimate of drug-likeness (QED) is 0.596. The number of pyridine rings is 1. The second-order valence-electron chi connectivity index (χ2n) is 7.99. The van der Waals surface area contributed by atoms with E-state index in [1.165, 1.54) is 11.3 Å². The largest absolute Gasteiger partial charge is 0.396 e. The lowest BCUT2D eigenvalue weighted by atomic mass is 9.96. The lowest BCUT2D eigenvalue weighted by Crippen LogP contribution is -2.48. The molecule has 152 valence electrons. The van der Waals surface area contributed by atoms with Crippen molar-refractivity contribution in [1.29, 1.82) is 0 Å². The average Bonchev–Trinajstić information content (AvgIpc) is 3.01. The molecule has 3 aromatic rings. The third-order valence-corrected chi connectivity index (χ3v) is 6.11. The van der Waals surface area contributed by atoms with Crippen LogP contribution in [-0.4, -0.2) is 45.8 Å². The van der Waals surface area contributed by atoms with Crippen LogP contribution in [0.15, 0.2) is 30.3 Å². The molecule has 1 saturated heterocycles. The number of hydrogen-bond donors (Lipinski definition) is 3. The smallest absolute Gasteiger partial charge is 0.274 e. The minimum Gasteiger partial charge on any atom is -0.396 e. The molecule has 1 aliphatic heterocycles. The molecule has 3 N–H and O–H groups in total. The van der Waals surface area contributed by atoms with E-state index >= 15 is 0 Å². The highest BCUT2D eigenvalue weighted by Crippen LogP contribution is 2.38. The van der Waals surface area contributed by atoms with E-state index in [0.717, 1.165) is 34.1 Å². The van der Waals surface area contributed by atoms with Gasteiger partial charge >= 0.3 is 0 Å². The third kappa shape index (κ3) is 3.96. The Kier molecular flexibility index (Phi) is 5.02. The van der Waals surface area contributed by atoms with Crippen molar-refractivity contribution in [3.05, 3.63) is 47.3 Å². The third-order valence-electron chi connectivity index (χ3n) is 5.03. The summed E-state index contributed by atoms with van der Waals surface area (Å²) in [4.78, 5) is 23.8. The molecule has 0 saturated carbocycles. The van der Waals surface area contributed by atoms with E-state index in [1.54, 1.807) is 26.0 Å². The van der Waals surface area contributed by atoms with Crippen molar-refractivity contribution in [1.82, 2.24) is 9.97 Å². The van der Waals surface area contributed by atoms with E-state index in [0.29, 0.717) is 22.9 Å². The van der Waals surface area contributed by atoms with Crippen molar-refractivity contribution in [3.8, 4) is 0 Å². The summed E-state index contributed by atoms with van der Waals surface area (Å²) >= 11 is 1.54. The number of carbonyl (C=O) groups excluding carboxylic acids is 1. The summed E-state index contributed by atoms with van der Waals surface area (Å²) < 4.78 is 0.924. The fourth-order valence-corrected chi connectivity index (χ4v) is 4.41. The summed E-state index contributed by atoms with van der Waals surface area (Å²) in [6, 6.07) is 8.98. The molecule has 1 fully saturated rings. The van der Waals surface area contributed by atoms with Crippen LogP contribution in [0, 0.1) is 12.8 Å². The molecule has 7 nitrogen and oxygen atoms in total. The molecule has 4 rings (SSSR count). The summed E-state index contributed by atoms with van der Waals surface area (Å²) in [5.74, 6) is -0.0255. The number of nitrogens with zero attached hydrogens (tertiary/aromatic N) is 3. The Hall–Kier alpha value is -2.55. The number of benzene rings is 1. The van der Waals surface area contributed by atoms with Crippen LogP contribution in [0.4, 0.5) is 10.8 Å². The Balaban J connectivity index is 1.69. The molecule has 0 bridgehead atoms. The zero-order chi connectivity index (χ0) is 20.8. The number of aliphatic hydroxyl groups excluding tert-OH is 1. The summed E-state index contributed by atoms with van der Waals surface area (Å²) in [6.07, 6.45) is 0. The number of nitrogens with one attached hydrogen (secondary N) is 1. The molecule has 0 spiro atoms. The average molecular weight is 413 g/mol. The first-order valence-electron chi connectivity index (χ1n) is 9.53. The monoisotopic (exact) mass is 412 g/mol. The maximum Gasteiger partial charge on any atom is 0.274 e. The highest BCUT2D eigenvalue weighted by atomic mass is 32.1. The molecule has 8 heteroatoms. The Morgan fingerprint density at radius 2 is 2.07 bits per heavy atom. The van der Waals surface area contributed by atoms with Crippen molar-refractivity contribution in [2.24, 2.45) is 5.92 Å². The van der Waals surface area contributed by atoms with Crippen molar-refractivity contribution >= 4 is 38.3 Å². The molecule has 0 atom stereocenters. The molecule has 29 heavy (non-hydrogen) atoms. The van der Waals surface area contributed by atoms with Gasteiger partial charge in [-0.3, -0.25) is 4.79 Å². The van der Waals surface area contributed by atoms with E-state index in [1.807, 2.05) is 25.1 Å². The minimum absolute atomic E-state index is 0.188. The van der Waals surface area contributed by atoms with Crippen LogP contribution in [0.1, 0.15) is 35.6 Å². The van der Waals surface area contributed by atoms with Gasteiger partial charge in [-0.05, 0) is 45.0 Å². The Morgan fingerprint density at radius 1 is 1.31 bits per heavy atom. The summed E-state index contributed by atoms with van der Waals surface area (Å²) in [7, 11) is 0. The number of rotatable bonds is 5. The van der Waals surface area contributed by atoms with Crippen LogP contribution in [-0.2, 0) is 5.60 Å². The predicted molar refractivity (Wildman–Crippen MR) is 115 cm³/mol. The van der Waals surface area contributed by atoms with E-state index < -0.39 is 5.60 Å². The topological polar surface area (TPSA) is 98.6 Å². The van der Waals surface area contributed by atoms with Gasteiger partial charge in [-0.15, -0.1) is 0 Å². The highest BCUT2D eigenvalue weighted by molar-refractivity contribution is 7.22. The SMILES string of the molecule is Cc1cccc(C(=O)Nc2cc3sc(N4CC(CO)C4)nc3cc2C(C)(C)O)n1. The normalized spacial score (nSPS) is 14.9. The van der Waals surface area contributed by atoms with Gasteiger partial charge in [0.2, 0.25) is 0 Å². The van der Waals surface area contributed by atoms with Gasteiger partial charge in [-0.2, -0.15) is 0 Å². The van der Waals surface area contributed by atoms with E-state index in [2.05, 4.69) is 15.2 Å². The molecule has 1 amide bonds. The first-order valence-corrected chi connectivity index (χ1v) is 10.3. The van der Waals surface area contributed by atoms with Crippen LogP contribution in [0.25, 0.3) is 10.2 Å². The van der Waals surface area contributed by atoms with Gasteiger partial charge in [0.05, 0.1) is 15.8 Å². The van der Waals surface area contributed by atoms with Gasteiger partial charge in [0.15, 0.2) is 5.13 Å². The molecule has 1 aromatic carbocycles. The molecule has 2 aromatic heterocycles. The maximum absolute atomic E-state index is 12.7. The zero-order valence-electron chi connectivity index (χ0n) is 16.6. The van der Waals surface area contributed by atoms with Gasteiger partial charge in [0.1, 0.15) is 5.69 Å². The van der Waals surface area contributed by atoms with Gasteiger partial charge in [-0.25, -0.2) is 9.97 Å². The van der Waals surface area contributed by atoms with Crippen molar-refractivity contribution in [3.63, 3.8) is 0 Å². The van der Waals surface area contributed by atoms with Crippen molar-refractivity contribution < 1.29 is 15.0 Å². The number of anilines is 2. The van der Waals surface area contributed by atoms with Gasteiger partial charge < -0.3 is 20.4 Å². The second-order valence-corrected chi connectivity index (χ2v) is 9.00. The lowest BCUT2D eigenvalue weighted by molar-refractivity contribution is 0.0794. The Morgan fingerprint density at radius 3 is 2.72 bits per heavy atom. The number of thiazole rings is 1. The van der Waals surface area contributed by atoms with E-state index in [-0.39, 0.29) is 12.5 Å². The second kappa shape index (κ2) is 7.37. The van der Waals surface area contributed by atoms with Crippen molar-refractivity contribution in [2.45, 2.75) is 26.4 Å². The fraction of sp³-hybridized carbons (Fsp3) is 0.381. The number of amides is 1. The van der Waals surface area contributed by atoms with Crippen LogP contribution in [0.5, 0.6) is 0 Å². The molecule has 1 aliphatic rings. The van der Waals surface area contributed by atoms with Crippen LogP contribution in [0.3, 0.4) is 0 Å². The first kappa shape index (κ1) is 19.8. The van der Waals surface area contributed by atoms with E-state index in [9.17, 15) is 15.0 Å². The number of aliphatic hydroxyl groups is 2. The number of fused-ring (bicyclic) bond motifs is 1. The van der Waals surface area contributed by atoms with Gasteiger partial charge in [0, 0.05) is 42.6 Å².